The molecule has 0 N–H and O–H groups in total. The monoisotopic (exact) mass is 714 g/mol. The Hall–Kier alpha value is -4.26. The van der Waals surface area contributed by atoms with Crippen LogP contribution in [0, 0.1) is 0 Å². The molecule has 3 aliphatic heterocycles. The quantitative estimate of drug-likeness (QED) is 0.328. The van der Waals surface area contributed by atoms with E-state index in [4.69, 9.17) is 14.5 Å². The van der Waals surface area contributed by atoms with E-state index in [-0.39, 0.29) is 18.1 Å². The maximum Gasteiger partial charge on any atom is 0.338 e. The molecule has 1 atom stereocenters. The Labute approximate surface area is 304 Å². The number of likely N-dealkylation sites (tertiary alicyclic amines) is 1. The molecule has 0 saturated carbocycles. The number of hydrogen-bond acceptors (Lipinski definition) is 10. The number of rotatable bonds is 8. The minimum Gasteiger partial charge on any atom is -0.484 e. The minimum absolute atomic E-state index is 0.00367. The zero-order chi connectivity index (χ0) is 36.4. The Kier molecular flexibility index (Phi) is 10.9. The molecule has 2 aromatic carbocycles. The van der Waals surface area contributed by atoms with Crippen LogP contribution >= 0.6 is 11.3 Å². The van der Waals surface area contributed by atoms with Crippen molar-refractivity contribution in [3.05, 3.63) is 90.6 Å². The summed E-state index contributed by atoms with van der Waals surface area (Å²) in [5, 5.41) is 0. The number of piperazine rings is 1. The molecule has 11 nitrogen and oxygen atoms in total. The summed E-state index contributed by atoms with van der Waals surface area (Å²) in [6, 6.07) is 15.1. The van der Waals surface area contributed by atoms with Crippen LogP contribution in [0.15, 0.2) is 69.6 Å². The fourth-order valence-electron chi connectivity index (χ4n) is 6.90. The maximum atomic E-state index is 14.1. The number of carbonyl (C=O) groups excluding carboxylic acids is 2. The first kappa shape index (κ1) is 36.5. The Morgan fingerprint density at radius 3 is 2.22 bits per heavy atom. The molecule has 51 heavy (non-hydrogen) atoms. The molecular weight excluding hydrogens is 665 g/mol. The van der Waals surface area contributed by atoms with Crippen molar-refractivity contribution >= 4 is 35.0 Å². The van der Waals surface area contributed by atoms with E-state index in [0.717, 1.165) is 68.9 Å². The van der Waals surface area contributed by atoms with Crippen LogP contribution in [-0.4, -0.2) is 110 Å². The van der Waals surface area contributed by atoms with Crippen molar-refractivity contribution in [2.75, 3.05) is 71.9 Å². The summed E-state index contributed by atoms with van der Waals surface area (Å²) in [6.45, 7) is 13.2. The maximum absolute atomic E-state index is 14.1. The Balaban J connectivity index is 1.16. The van der Waals surface area contributed by atoms with Crippen LogP contribution < -0.4 is 24.5 Å². The highest BCUT2D eigenvalue weighted by atomic mass is 32.1. The molecule has 2 fully saturated rings. The Bertz CT molecular complexity index is 1940. The van der Waals surface area contributed by atoms with E-state index in [1.165, 1.54) is 11.3 Å². The van der Waals surface area contributed by atoms with Crippen LogP contribution in [0.1, 0.15) is 57.7 Å². The van der Waals surface area contributed by atoms with Gasteiger partial charge in [0.15, 0.2) is 11.4 Å². The molecule has 272 valence electrons. The summed E-state index contributed by atoms with van der Waals surface area (Å²) in [4.78, 5) is 54.7. The van der Waals surface area contributed by atoms with Gasteiger partial charge in [0.2, 0.25) is 0 Å². The van der Waals surface area contributed by atoms with Crippen molar-refractivity contribution in [2.24, 2.45) is 4.99 Å². The molecule has 0 aliphatic carbocycles. The number of carbonyl (C=O) groups is 2. The molecule has 0 spiro atoms. The summed E-state index contributed by atoms with van der Waals surface area (Å²) in [5.41, 5.74) is 2.51. The van der Waals surface area contributed by atoms with Gasteiger partial charge in [0.25, 0.3) is 11.5 Å². The predicted octanol–water partition coefficient (Wildman–Crippen LogP) is 3.26. The average Bonchev–Trinajstić information content (AvgIpc) is 3.40. The fraction of sp³-hybridized carbons (Fsp3) is 0.487. The lowest BCUT2D eigenvalue weighted by Crippen LogP contribution is -2.53. The first-order valence-electron chi connectivity index (χ1n) is 17.7. The predicted molar refractivity (Wildman–Crippen MR) is 201 cm³/mol. The van der Waals surface area contributed by atoms with Crippen LogP contribution in [0.4, 0.5) is 5.69 Å². The van der Waals surface area contributed by atoms with Gasteiger partial charge >= 0.3 is 5.97 Å². The lowest BCUT2D eigenvalue weighted by atomic mass is 9.95. The number of amides is 1. The fourth-order valence-corrected chi connectivity index (χ4v) is 7.95. The van der Waals surface area contributed by atoms with Crippen LogP contribution in [-0.2, 0) is 14.3 Å². The largest absolute Gasteiger partial charge is 0.484 e. The molecule has 0 radical (unpaired) electrons. The molecule has 0 bridgehead atoms. The Morgan fingerprint density at radius 2 is 1.61 bits per heavy atom. The van der Waals surface area contributed by atoms with E-state index in [2.05, 4.69) is 16.8 Å². The molecule has 4 heterocycles. The van der Waals surface area contributed by atoms with E-state index in [0.29, 0.717) is 32.4 Å². The highest BCUT2D eigenvalue weighted by Gasteiger charge is 2.35. The van der Waals surface area contributed by atoms with Gasteiger partial charge in [-0.2, -0.15) is 0 Å². The first-order chi connectivity index (χ1) is 24.3. The zero-order valence-corrected chi connectivity index (χ0v) is 31.7. The molecule has 3 aliphatic rings. The van der Waals surface area contributed by atoms with Crippen molar-refractivity contribution in [3.8, 4) is 5.75 Å². The van der Waals surface area contributed by atoms with Crippen LogP contribution in [0.3, 0.4) is 0 Å². The minimum atomic E-state index is -0.715. The topological polar surface area (TPSA) is 99.9 Å². The third kappa shape index (κ3) is 8.45. The lowest BCUT2D eigenvalue weighted by molar-refractivity contribution is -0.150. The second-order valence-corrected chi connectivity index (χ2v) is 15.9. The number of benzene rings is 2. The van der Waals surface area contributed by atoms with Crippen molar-refractivity contribution in [3.63, 3.8) is 0 Å². The standard InChI is InChI=1S/C39H50N6O5S/c1-26-34(37(48)50-39(2,3)4)35(28-10-12-29(13-11-28)41(5)6)45-36(47)32(51-38(45)40-26)24-27-8-14-31(15-9-27)49-25-33(46)44-18-16-30(17-19-44)43-22-20-42(7)21-23-43/h8-15,24,30,35H,16-23,25H2,1-7H3/b32-24-. The zero-order valence-electron chi connectivity index (χ0n) is 30.8. The number of esters is 1. The van der Waals surface area contributed by atoms with Gasteiger partial charge in [-0.3, -0.25) is 19.1 Å². The van der Waals surface area contributed by atoms with Gasteiger partial charge < -0.3 is 24.2 Å². The number of allylic oxidation sites excluding steroid dienone is 1. The van der Waals surface area contributed by atoms with Gasteiger partial charge in [0.1, 0.15) is 11.4 Å². The number of fused-ring (bicyclic) bond motifs is 1. The number of piperidine rings is 1. The van der Waals surface area contributed by atoms with E-state index in [1.807, 2.05) is 99.3 Å². The van der Waals surface area contributed by atoms with E-state index in [9.17, 15) is 14.4 Å². The summed E-state index contributed by atoms with van der Waals surface area (Å²) < 4.78 is 13.8. The molecule has 12 heteroatoms. The number of thiazole rings is 1. The van der Waals surface area contributed by atoms with Crippen LogP contribution in [0.25, 0.3) is 6.08 Å². The smallest absolute Gasteiger partial charge is 0.338 e. The third-order valence-corrected chi connectivity index (χ3v) is 10.8. The number of anilines is 1. The van der Waals surface area contributed by atoms with Crippen LogP contribution in [0.2, 0.25) is 0 Å². The van der Waals surface area contributed by atoms with Gasteiger partial charge in [0, 0.05) is 65.1 Å². The number of ether oxygens (including phenoxy) is 2. The molecule has 1 unspecified atom stereocenters. The summed E-state index contributed by atoms with van der Waals surface area (Å²) >= 11 is 1.28. The normalized spacial score (nSPS) is 19.5. The van der Waals surface area contributed by atoms with E-state index >= 15 is 0 Å². The van der Waals surface area contributed by atoms with Gasteiger partial charge in [-0.25, -0.2) is 9.79 Å². The summed E-state index contributed by atoms with van der Waals surface area (Å²) in [6.07, 6.45) is 3.82. The third-order valence-electron chi connectivity index (χ3n) is 9.78. The average molecular weight is 715 g/mol. The number of aromatic nitrogens is 1. The number of hydrogen-bond donors (Lipinski definition) is 0. The molecular formula is C39H50N6O5S. The molecule has 1 aromatic heterocycles. The van der Waals surface area contributed by atoms with Gasteiger partial charge in [0.05, 0.1) is 21.8 Å². The van der Waals surface area contributed by atoms with Crippen molar-refractivity contribution in [1.29, 1.82) is 0 Å². The van der Waals surface area contributed by atoms with Crippen molar-refractivity contribution in [1.82, 2.24) is 19.3 Å². The van der Waals surface area contributed by atoms with E-state index in [1.54, 1.807) is 11.5 Å². The summed E-state index contributed by atoms with van der Waals surface area (Å²) in [7, 11) is 6.10. The SMILES string of the molecule is CC1=C(C(=O)OC(C)(C)C)C(c2ccc(N(C)C)cc2)n2c(s/c(=C\c3ccc(OCC(=O)N4CCC(N5CCN(C)CC5)CC4)cc3)c2=O)=N1. The number of nitrogens with zero attached hydrogens (tertiary/aromatic N) is 6. The highest BCUT2D eigenvalue weighted by molar-refractivity contribution is 7.07. The lowest BCUT2D eigenvalue weighted by Gasteiger charge is -2.42. The second-order valence-electron chi connectivity index (χ2n) is 14.9. The molecule has 2 saturated heterocycles. The molecule has 3 aromatic rings. The van der Waals surface area contributed by atoms with Gasteiger partial charge in [-0.1, -0.05) is 35.6 Å². The van der Waals surface area contributed by atoms with Crippen LogP contribution in [0.5, 0.6) is 5.75 Å². The first-order valence-corrected chi connectivity index (χ1v) is 18.6. The van der Waals surface area contributed by atoms with E-state index < -0.39 is 17.6 Å². The highest BCUT2D eigenvalue weighted by Crippen LogP contribution is 2.32. The molecule has 1 amide bonds. The van der Waals surface area contributed by atoms with Crippen molar-refractivity contribution in [2.45, 2.75) is 58.2 Å². The van der Waals surface area contributed by atoms with Gasteiger partial charge in [-0.05, 0) is 89.1 Å². The number of likely N-dealkylation sites (N-methyl/N-ethyl adjacent to an activating group) is 1. The molecule has 6 rings (SSSR count). The van der Waals surface area contributed by atoms with Gasteiger partial charge in [-0.15, -0.1) is 0 Å². The summed E-state index contributed by atoms with van der Waals surface area (Å²) in [5.74, 6) is 0.0981. The second kappa shape index (κ2) is 15.1. The van der Waals surface area contributed by atoms with Crippen molar-refractivity contribution < 1.29 is 19.1 Å². The Morgan fingerprint density at radius 1 is 0.961 bits per heavy atom.